The van der Waals surface area contributed by atoms with Crippen LogP contribution < -0.4 is 29.6 Å². The minimum atomic E-state index is -4.71. The van der Waals surface area contributed by atoms with E-state index in [1.165, 1.54) is 16.7 Å². The Morgan fingerprint density at radius 2 is 1.94 bits per heavy atom. The van der Waals surface area contributed by atoms with Crippen LogP contribution in [0.4, 0.5) is 0 Å². The van der Waals surface area contributed by atoms with Crippen LogP contribution >= 0.6 is 11.3 Å². The Morgan fingerprint density at radius 3 is 2.56 bits per heavy atom. The Morgan fingerprint density at radius 1 is 1.31 bits per heavy atom. The normalized spacial score (nSPS) is 13.4. The molecule has 0 saturated carbocycles. The molecule has 0 aliphatic heterocycles. The topological polar surface area (TPSA) is 77.4 Å². The second-order valence-electron chi connectivity index (χ2n) is 3.03. The number of thiophene rings is 1. The second-order valence-corrected chi connectivity index (χ2v) is 5.38. The average Bonchev–Trinajstić information content (AvgIpc) is 2.58. The summed E-state index contributed by atoms with van der Waals surface area (Å²) in [7, 11) is -4.71. The van der Waals surface area contributed by atoms with Crippen LogP contribution in [0.2, 0.25) is 0 Å². The van der Waals surface area contributed by atoms with Crippen molar-refractivity contribution in [2.45, 2.75) is 5.44 Å². The van der Waals surface area contributed by atoms with Crippen LogP contribution in [-0.2, 0) is 10.1 Å². The fraction of sp³-hybridized carbons (Fsp3) is 0.111. The van der Waals surface area contributed by atoms with Gasteiger partial charge in [-0.05, 0) is 16.8 Å². The quantitative estimate of drug-likeness (QED) is 0.527. The number of aliphatic hydroxyl groups excluding tert-OH is 1. The van der Waals surface area contributed by atoms with Crippen LogP contribution in [0.1, 0.15) is 11.0 Å². The van der Waals surface area contributed by atoms with E-state index in [0.717, 1.165) is 4.70 Å². The zero-order valence-corrected chi connectivity index (χ0v) is 12.1. The summed E-state index contributed by atoms with van der Waals surface area (Å²) in [6, 6.07) is 7.01. The van der Waals surface area contributed by atoms with Crippen molar-refractivity contribution in [1.82, 2.24) is 0 Å². The molecular formula is C9H7NaO4S2. The molecule has 80 valence electrons. The smallest absolute Gasteiger partial charge is 0.746 e. The van der Waals surface area contributed by atoms with Gasteiger partial charge in [-0.3, -0.25) is 0 Å². The van der Waals surface area contributed by atoms with Gasteiger partial charge in [-0.25, -0.2) is 8.42 Å². The van der Waals surface area contributed by atoms with Crippen molar-refractivity contribution < 1.29 is 47.6 Å². The van der Waals surface area contributed by atoms with Crippen molar-refractivity contribution in [3.63, 3.8) is 0 Å². The van der Waals surface area contributed by atoms with Gasteiger partial charge in [-0.2, -0.15) is 0 Å². The first kappa shape index (κ1) is 14.1. The molecule has 1 atom stereocenters. The van der Waals surface area contributed by atoms with Gasteiger partial charge >= 0.3 is 29.6 Å². The summed E-state index contributed by atoms with van der Waals surface area (Å²) in [5.74, 6) is 0. The molecule has 0 bridgehead atoms. The Balaban J connectivity index is 0.00000128. The third-order valence-electron chi connectivity index (χ3n) is 2.05. The summed E-state index contributed by atoms with van der Waals surface area (Å²) in [6.45, 7) is 0. The van der Waals surface area contributed by atoms with Crippen LogP contribution in [0.3, 0.4) is 0 Å². The van der Waals surface area contributed by atoms with Gasteiger partial charge < -0.3 is 9.66 Å². The van der Waals surface area contributed by atoms with Gasteiger partial charge in [0, 0.05) is 10.3 Å². The molecule has 0 radical (unpaired) electrons. The van der Waals surface area contributed by atoms with Gasteiger partial charge in [0.25, 0.3) is 0 Å². The predicted octanol–water partition coefficient (Wildman–Crippen LogP) is -1.56. The maximum Gasteiger partial charge on any atom is 1.00 e. The zero-order valence-electron chi connectivity index (χ0n) is 8.45. The molecular weight excluding hydrogens is 259 g/mol. The van der Waals surface area contributed by atoms with Crippen molar-refractivity contribution in [2.75, 3.05) is 0 Å². The van der Waals surface area contributed by atoms with E-state index in [9.17, 15) is 18.1 Å². The average molecular weight is 266 g/mol. The molecule has 0 spiro atoms. The minimum absolute atomic E-state index is 0. The van der Waals surface area contributed by atoms with Gasteiger partial charge in [-0.1, -0.05) is 18.2 Å². The first-order valence-electron chi connectivity index (χ1n) is 4.09. The fourth-order valence-corrected chi connectivity index (χ4v) is 2.92. The molecule has 0 fully saturated rings. The van der Waals surface area contributed by atoms with Crippen LogP contribution in [0, 0.1) is 0 Å². The Labute approximate surface area is 119 Å². The van der Waals surface area contributed by atoms with E-state index in [2.05, 4.69) is 0 Å². The zero-order chi connectivity index (χ0) is 11.1. The van der Waals surface area contributed by atoms with Gasteiger partial charge in [0.05, 0.1) is 0 Å². The molecule has 1 N–H and O–H groups in total. The van der Waals surface area contributed by atoms with E-state index in [4.69, 9.17) is 0 Å². The van der Waals surface area contributed by atoms with E-state index in [1.807, 2.05) is 0 Å². The second kappa shape index (κ2) is 5.14. The number of rotatable bonds is 2. The molecule has 0 saturated heterocycles. The Kier molecular flexibility index (Phi) is 4.53. The third-order valence-corrected chi connectivity index (χ3v) is 3.83. The van der Waals surface area contributed by atoms with E-state index >= 15 is 0 Å². The monoisotopic (exact) mass is 266 g/mol. The molecule has 0 aliphatic carbocycles. The van der Waals surface area contributed by atoms with E-state index in [-0.39, 0.29) is 35.1 Å². The summed E-state index contributed by atoms with van der Waals surface area (Å²) in [4.78, 5) is 0. The van der Waals surface area contributed by atoms with Crippen molar-refractivity contribution in [3.05, 3.63) is 35.2 Å². The molecule has 7 heteroatoms. The van der Waals surface area contributed by atoms with Crippen molar-refractivity contribution in [3.8, 4) is 0 Å². The summed E-state index contributed by atoms with van der Waals surface area (Å²) in [6.07, 6.45) is 0. The van der Waals surface area contributed by atoms with Gasteiger partial charge in [-0.15, -0.1) is 11.3 Å². The van der Waals surface area contributed by atoms with Crippen LogP contribution in [0.25, 0.3) is 10.1 Å². The van der Waals surface area contributed by atoms with E-state index < -0.39 is 15.6 Å². The Bertz CT molecular complexity index is 590. The largest absolute Gasteiger partial charge is 1.00 e. The van der Waals surface area contributed by atoms with E-state index in [1.54, 1.807) is 24.3 Å². The summed E-state index contributed by atoms with van der Waals surface area (Å²) in [5.41, 5.74) is -1.82. The summed E-state index contributed by atoms with van der Waals surface area (Å²) in [5, 5.41) is 11.4. The molecule has 0 aliphatic rings. The third kappa shape index (κ3) is 2.65. The summed E-state index contributed by atoms with van der Waals surface area (Å²) >= 11 is 1.30. The molecule has 4 nitrogen and oxygen atoms in total. The first-order valence-corrected chi connectivity index (χ1v) is 6.44. The van der Waals surface area contributed by atoms with Crippen molar-refractivity contribution in [2.24, 2.45) is 0 Å². The number of benzene rings is 1. The molecule has 2 rings (SSSR count). The fourth-order valence-electron chi connectivity index (χ4n) is 1.35. The van der Waals surface area contributed by atoms with Crippen LogP contribution in [-0.4, -0.2) is 18.1 Å². The van der Waals surface area contributed by atoms with Gasteiger partial charge in [0.15, 0.2) is 5.44 Å². The maximum absolute atomic E-state index is 10.7. The van der Waals surface area contributed by atoms with E-state index in [0.29, 0.717) is 5.39 Å². The number of hydrogen-bond donors (Lipinski definition) is 1. The maximum atomic E-state index is 10.7. The summed E-state index contributed by atoms with van der Waals surface area (Å²) < 4.78 is 32.9. The molecule has 1 unspecified atom stereocenters. The minimum Gasteiger partial charge on any atom is -0.746 e. The molecule has 0 amide bonds. The molecule has 1 heterocycles. The Hall–Kier alpha value is 0.0500. The number of hydrogen-bond acceptors (Lipinski definition) is 5. The van der Waals surface area contributed by atoms with Gasteiger partial charge in [0.1, 0.15) is 10.1 Å². The standard InChI is InChI=1S/C9H8O4S2.Na/c10-9(15(11,12)13)7-5-14-8-4-2-1-3-6(7)8;/h1-5,9-10H,(H,11,12,13);/q;+1/p-1. The number of aliphatic hydroxyl groups is 1. The molecule has 16 heavy (non-hydrogen) atoms. The van der Waals surface area contributed by atoms with Crippen molar-refractivity contribution in [1.29, 1.82) is 0 Å². The van der Waals surface area contributed by atoms with Crippen LogP contribution in [0.5, 0.6) is 0 Å². The number of fused-ring (bicyclic) bond motifs is 1. The molecule has 2 aromatic rings. The molecule has 1 aromatic carbocycles. The van der Waals surface area contributed by atoms with Crippen molar-refractivity contribution >= 4 is 31.5 Å². The predicted molar refractivity (Wildman–Crippen MR) is 56.5 cm³/mol. The van der Waals surface area contributed by atoms with Gasteiger partial charge in [0.2, 0.25) is 0 Å². The first-order chi connectivity index (χ1) is 7.00. The SMILES string of the molecule is O=S(=O)([O-])C(O)c1csc2ccccc12.[Na+]. The molecule has 1 aromatic heterocycles. The van der Waals surface area contributed by atoms with Crippen LogP contribution in [0.15, 0.2) is 29.6 Å².